The summed E-state index contributed by atoms with van der Waals surface area (Å²) in [5.74, 6) is 0. The van der Waals surface area contributed by atoms with E-state index in [1.165, 1.54) is 0 Å². The van der Waals surface area contributed by atoms with E-state index in [1.807, 2.05) is 6.55 Å². The van der Waals surface area contributed by atoms with Gasteiger partial charge < -0.3 is 9.27 Å². The second-order valence-corrected chi connectivity index (χ2v) is 3.06. The van der Waals surface area contributed by atoms with E-state index in [2.05, 4.69) is 16.8 Å². The van der Waals surface area contributed by atoms with E-state index in [1.54, 1.807) is 0 Å². The summed E-state index contributed by atoms with van der Waals surface area (Å²) >= 11 is 3.45. The molecule has 0 aliphatic heterocycles. The van der Waals surface area contributed by atoms with Crippen LogP contribution in [0.2, 0.25) is 6.55 Å². The lowest BCUT2D eigenvalue weighted by atomic mass is 11.9. The summed E-state index contributed by atoms with van der Waals surface area (Å²) in [7, 11) is -1.29. The van der Waals surface area contributed by atoms with Gasteiger partial charge in [0.1, 0.15) is 0 Å². The Bertz CT molecular complexity index is 25.6. The molecule has 32 valence electrons. The molecular formula is CH7NOSSi. The van der Waals surface area contributed by atoms with Crippen LogP contribution in [-0.4, -0.2) is 9.20 Å². The maximum Gasteiger partial charge on any atom is 0.262 e. The molecule has 0 amide bonds. The molecule has 0 heterocycles. The van der Waals surface area contributed by atoms with E-state index in [4.69, 9.17) is 5.40 Å². The van der Waals surface area contributed by atoms with Gasteiger partial charge in [0.15, 0.2) is 0 Å². The summed E-state index contributed by atoms with van der Waals surface area (Å²) in [5.41, 5.74) is 0. The van der Waals surface area contributed by atoms with Crippen molar-refractivity contribution in [3.05, 3.63) is 0 Å². The van der Waals surface area contributed by atoms with Crippen LogP contribution in [0.15, 0.2) is 0 Å². The lowest BCUT2D eigenvalue weighted by Crippen LogP contribution is -2.20. The Morgan fingerprint density at radius 2 is 2.20 bits per heavy atom. The lowest BCUT2D eigenvalue weighted by Gasteiger charge is -1.90. The molecule has 2 N–H and O–H groups in total. The number of nitrogens with two attached hydrogens (primary N) is 1. The summed E-state index contributed by atoms with van der Waals surface area (Å²) in [5, 5.41) is 5.13. The molecule has 0 aromatic heterocycles. The minimum atomic E-state index is -1.29. The number of rotatable bonds is 1. The van der Waals surface area contributed by atoms with Crippen molar-refractivity contribution in [3.63, 3.8) is 0 Å². The molecule has 0 aliphatic carbocycles. The zero-order valence-electron chi connectivity index (χ0n) is 3.01. The monoisotopic (exact) mass is 109 g/mol. The highest BCUT2D eigenvalue weighted by molar-refractivity contribution is 7.76. The molecule has 0 rings (SSSR count). The number of hydrogen-bond donors (Lipinski definition) is 2. The molecule has 0 aromatic rings. The van der Waals surface area contributed by atoms with Crippen molar-refractivity contribution in [2.24, 2.45) is 5.40 Å². The topological polar surface area (TPSA) is 35.2 Å². The largest absolute Gasteiger partial charge is 0.345 e. The SMILES string of the molecule is C[SiH](N)OS. The van der Waals surface area contributed by atoms with Gasteiger partial charge >= 0.3 is 0 Å². The van der Waals surface area contributed by atoms with E-state index in [0.29, 0.717) is 0 Å². The molecule has 0 aromatic carbocycles. The van der Waals surface area contributed by atoms with Crippen LogP contribution in [0, 0.1) is 0 Å². The molecule has 0 aliphatic rings. The Morgan fingerprint density at radius 3 is 2.20 bits per heavy atom. The summed E-state index contributed by atoms with van der Waals surface area (Å²) < 4.78 is 4.36. The van der Waals surface area contributed by atoms with Crippen LogP contribution in [-0.2, 0) is 3.87 Å². The Morgan fingerprint density at radius 1 is 2.00 bits per heavy atom. The van der Waals surface area contributed by atoms with E-state index < -0.39 is 9.20 Å². The zero-order valence-corrected chi connectivity index (χ0v) is 5.06. The quantitative estimate of drug-likeness (QED) is 0.274. The van der Waals surface area contributed by atoms with Crippen molar-refractivity contribution >= 4 is 22.1 Å². The molecule has 1 atom stereocenters. The van der Waals surface area contributed by atoms with Gasteiger partial charge in [-0.25, -0.2) is 0 Å². The fourth-order valence-electron chi connectivity index (χ4n) is 0. The second kappa shape index (κ2) is 2.71. The standard InChI is InChI=1S/CH7NOSSi/c1-5(2)3-4/h4-5H,2H2,1H3. The van der Waals surface area contributed by atoms with Crippen molar-refractivity contribution in [2.75, 3.05) is 0 Å². The number of thiol groups is 1. The molecule has 0 bridgehead atoms. The molecule has 0 radical (unpaired) electrons. The van der Waals surface area contributed by atoms with Gasteiger partial charge in [-0.05, 0) is 19.5 Å². The van der Waals surface area contributed by atoms with Gasteiger partial charge in [-0.3, -0.25) is 0 Å². The average molecular weight is 109 g/mol. The Labute approximate surface area is 38.7 Å². The van der Waals surface area contributed by atoms with Crippen molar-refractivity contribution in [1.29, 1.82) is 0 Å². The first-order chi connectivity index (χ1) is 2.27. The highest BCUT2D eigenvalue weighted by Gasteiger charge is 1.85. The minimum absolute atomic E-state index is 1.29. The Balaban J connectivity index is 2.54. The predicted octanol–water partition coefficient (Wildman–Crippen LogP) is -0.343. The van der Waals surface area contributed by atoms with Crippen LogP contribution >= 0.6 is 12.9 Å². The van der Waals surface area contributed by atoms with Gasteiger partial charge in [0.05, 0.1) is 0 Å². The summed E-state index contributed by atoms with van der Waals surface area (Å²) in [6, 6.07) is 0. The first kappa shape index (κ1) is 5.49. The molecule has 0 saturated carbocycles. The van der Waals surface area contributed by atoms with Crippen molar-refractivity contribution < 1.29 is 3.87 Å². The van der Waals surface area contributed by atoms with Crippen molar-refractivity contribution in [2.45, 2.75) is 6.55 Å². The van der Waals surface area contributed by atoms with Gasteiger partial charge in [0.25, 0.3) is 9.20 Å². The van der Waals surface area contributed by atoms with E-state index in [0.717, 1.165) is 0 Å². The van der Waals surface area contributed by atoms with Gasteiger partial charge in [0.2, 0.25) is 0 Å². The van der Waals surface area contributed by atoms with Gasteiger partial charge in [-0.1, -0.05) is 0 Å². The van der Waals surface area contributed by atoms with Crippen LogP contribution in [0.1, 0.15) is 0 Å². The molecule has 0 fully saturated rings. The smallest absolute Gasteiger partial charge is 0.262 e. The van der Waals surface area contributed by atoms with Crippen LogP contribution in [0.4, 0.5) is 0 Å². The highest BCUT2D eigenvalue weighted by atomic mass is 32.1. The molecule has 0 saturated heterocycles. The fraction of sp³-hybridized carbons (Fsp3) is 1.00. The van der Waals surface area contributed by atoms with Gasteiger partial charge in [-0.2, -0.15) is 0 Å². The normalized spacial score (nSPS) is 15.0. The number of hydrogen-bond acceptors (Lipinski definition) is 3. The van der Waals surface area contributed by atoms with E-state index in [9.17, 15) is 0 Å². The van der Waals surface area contributed by atoms with Crippen LogP contribution < -0.4 is 5.40 Å². The Kier molecular flexibility index (Phi) is 2.97. The third-order valence-electron chi connectivity index (χ3n) is 0.166. The van der Waals surface area contributed by atoms with Crippen molar-refractivity contribution in [3.8, 4) is 0 Å². The lowest BCUT2D eigenvalue weighted by molar-refractivity contribution is 0.687. The maximum atomic E-state index is 5.13. The van der Waals surface area contributed by atoms with Crippen LogP contribution in [0.25, 0.3) is 0 Å². The second-order valence-electron chi connectivity index (χ2n) is 0.811. The zero-order chi connectivity index (χ0) is 4.28. The third kappa shape index (κ3) is 4.49. The van der Waals surface area contributed by atoms with E-state index in [-0.39, 0.29) is 0 Å². The first-order valence-electron chi connectivity index (χ1n) is 1.33. The van der Waals surface area contributed by atoms with Crippen LogP contribution in [0.5, 0.6) is 0 Å². The minimum Gasteiger partial charge on any atom is -0.345 e. The molecule has 4 heteroatoms. The highest BCUT2D eigenvalue weighted by Crippen LogP contribution is 1.75. The van der Waals surface area contributed by atoms with Gasteiger partial charge in [0, 0.05) is 0 Å². The predicted molar refractivity (Wildman–Crippen MR) is 27.3 cm³/mol. The van der Waals surface area contributed by atoms with E-state index >= 15 is 0 Å². The molecule has 2 nitrogen and oxygen atoms in total. The third-order valence-corrected chi connectivity index (χ3v) is 1.50. The summed E-state index contributed by atoms with van der Waals surface area (Å²) in [6.07, 6.45) is 0. The van der Waals surface area contributed by atoms with Gasteiger partial charge in [-0.15, -0.1) is 0 Å². The maximum absolute atomic E-state index is 5.13. The average Bonchev–Trinajstić information content (AvgIpc) is 1.38. The molecule has 1 unspecified atom stereocenters. The molecule has 5 heavy (non-hydrogen) atoms. The summed E-state index contributed by atoms with van der Waals surface area (Å²) in [6.45, 7) is 1.84. The molecule has 0 spiro atoms. The Hall–Kier alpha value is 0.487. The van der Waals surface area contributed by atoms with Crippen LogP contribution in [0.3, 0.4) is 0 Å². The molecular weight excluding hydrogens is 102 g/mol. The first-order valence-corrected chi connectivity index (χ1v) is 3.99. The fourth-order valence-corrected chi connectivity index (χ4v) is 0. The summed E-state index contributed by atoms with van der Waals surface area (Å²) in [4.78, 5) is 0. The van der Waals surface area contributed by atoms with Crippen molar-refractivity contribution in [1.82, 2.24) is 0 Å².